The molecule has 0 radical (unpaired) electrons. The van der Waals surface area contributed by atoms with Gasteiger partial charge in [-0.15, -0.1) is 24.8 Å². The minimum Gasteiger partial charge on any atom is -0.335 e. The number of aromatic nitrogens is 2. The Labute approximate surface area is 125 Å². The van der Waals surface area contributed by atoms with Crippen LogP contribution >= 0.6 is 24.8 Å². The summed E-state index contributed by atoms with van der Waals surface area (Å²) in [5.74, 6) is 0.241. The Bertz CT molecular complexity index is 384. The van der Waals surface area contributed by atoms with Crippen LogP contribution in [-0.4, -0.2) is 46.2 Å². The van der Waals surface area contributed by atoms with Gasteiger partial charge in [-0.05, 0) is 31.9 Å². The molecule has 2 aliphatic heterocycles. The first-order valence-corrected chi connectivity index (χ1v) is 6.35. The molecule has 2 atom stereocenters. The lowest BCUT2D eigenvalue weighted by Crippen LogP contribution is -2.43. The van der Waals surface area contributed by atoms with Crippen LogP contribution in [0, 0.1) is 0 Å². The second kappa shape index (κ2) is 7.12. The zero-order chi connectivity index (χ0) is 11.7. The van der Waals surface area contributed by atoms with Crippen molar-refractivity contribution in [1.82, 2.24) is 20.4 Å². The van der Waals surface area contributed by atoms with Gasteiger partial charge in [0.2, 0.25) is 5.91 Å². The van der Waals surface area contributed by atoms with Gasteiger partial charge < -0.3 is 10.2 Å². The number of amides is 1. The lowest BCUT2D eigenvalue weighted by molar-refractivity contribution is -0.133. The molecule has 108 valence electrons. The first-order chi connectivity index (χ1) is 8.34. The summed E-state index contributed by atoms with van der Waals surface area (Å²) in [6.07, 6.45) is 5.55. The van der Waals surface area contributed by atoms with Gasteiger partial charge in [-0.3, -0.25) is 9.89 Å². The second-order valence-electron chi connectivity index (χ2n) is 4.94. The molecule has 0 spiro atoms. The maximum absolute atomic E-state index is 12.3. The molecule has 0 aromatic carbocycles. The Morgan fingerprint density at radius 3 is 2.84 bits per heavy atom. The van der Waals surface area contributed by atoms with Crippen molar-refractivity contribution in [2.75, 3.05) is 13.1 Å². The number of hydrogen-bond acceptors (Lipinski definition) is 3. The van der Waals surface area contributed by atoms with E-state index in [0.29, 0.717) is 18.5 Å². The largest absolute Gasteiger partial charge is 0.335 e. The molecule has 19 heavy (non-hydrogen) atoms. The molecule has 3 heterocycles. The highest BCUT2D eigenvalue weighted by molar-refractivity contribution is 5.85. The predicted octanol–water partition coefficient (Wildman–Crippen LogP) is 1.15. The Kier molecular flexibility index (Phi) is 6.10. The van der Waals surface area contributed by atoms with Crippen molar-refractivity contribution in [3.63, 3.8) is 0 Å². The van der Waals surface area contributed by atoms with Crippen molar-refractivity contribution in [3.05, 3.63) is 18.0 Å². The number of carbonyl (C=O) groups excluding carboxylic acids is 1. The third kappa shape index (κ3) is 3.41. The third-order valence-electron chi connectivity index (χ3n) is 3.84. The standard InChI is InChI=1S/C12H18N4O.2ClH/c17-12(7-9-3-6-14-15-9)16-10-1-2-11(16)8-13-5-4-10;;/h3,6,10-11,13H,1-2,4-5,7-8H2,(H,14,15);2*1H. The highest BCUT2D eigenvalue weighted by Crippen LogP contribution is 2.28. The average Bonchev–Trinajstić information content (AvgIpc) is 2.85. The van der Waals surface area contributed by atoms with E-state index in [1.54, 1.807) is 6.20 Å². The summed E-state index contributed by atoms with van der Waals surface area (Å²) < 4.78 is 0. The zero-order valence-electron chi connectivity index (χ0n) is 10.7. The third-order valence-corrected chi connectivity index (χ3v) is 3.84. The summed E-state index contributed by atoms with van der Waals surface area (Å²) in [7, 11) is 0. The van der Waals surface area contributed by atoms with Crippen LogP contribution in [0.4, 0.5) is 0 Å². The van der Waals surface area contributed by atoms with Crippen LogP contribution in [0.3, 0.4) is 0 Å². The number of fused-ring (bicyclic) bond motifs is 2. The summed E-state index contributed by atoms with van der Waals surface area (Å²) >= 11 is 0. The van der Waals surface area contributed by atoms with Crippen LogP contribution in [0.1, 0.15) is 25.0 Å². The first-order valence-electron chi connectivity index (χ1n) is 6.35. The van der Waals surface area contributed by atoms with E-state index < -0.39 is 0 Å². The molecule has 1 amide bonds. The van der Waals surface area contributed by atoms with Gasteiger partial charge in [-0.25, -0.2) is 0 Å². The van der Waals surface area contributed by atoms with E-state index in [1.807, 2.05) is 6.07 Å². The van der Waals surface area contributed by atoms with E-state index in [1.165, 1.54) is 6.42 Å². The Hall–Kier alpha value is -0.780. The van der Waals surface area contributed by atoms with Gasteiger partial charge in [0.1, 0.15) is 0 Å². The molecule has 2 aliphatic rings. The Morgan fingerprint density at radius 2 is 2.11 bits per heavy atom. The van der Waals surface area contributed by atoms with Gasteiger partial charge in [-0.1, -0.05) is 0 Å². The van der Waals surface area contributed by atoms with Gasteiger partial charge in [0.05, 0.1) is 6.42 Å². The molecule has 5 nitrogen and oxygen atoms in total. The Morgan fingerprint density at radius 1 is 1.32 bits per heavy atom. The molecule has 2 fully saturated rings. The van der Waals surface area contributed by atoms with Crippen LogP contribution in [0.5, 0.6) is 0 Å². The summed E-state index contributed by atoms with van der Waals surface area (Å²) in [5.41, 5.74) is 0.909. The number of hydrogen-bond donors (Lipinski definition) is 2. The molecule has 1 aromatic rings. The predicted molar refractivity (Wildman–Crippen MR) is 77.9 cm³/mol. The van der Waals surface area contributed by atoms with Gasteiger partial charge in [-0.2, -0.15) is 5.10 Å². The lowest BCUT2D eigenvalue weighted by atomic mass is 10.1. The molecule has 0 aliphatic carbocycles. The highest BCUT2D eigenvalue weighted by atomic mass is 35.5. The van der Waals surface area contributed by atoms with Crippen molar-refractivity contribution in [2.45, 2.75) is 37.8 Å². The van der Waals surface area contributed by atoms with Crippen LogP contribution in [0.25, 0.3) is 0 Å². The fourth-order valence-corrected chi connectivity index (χ4v) is 3.03. The Balaban J connectivity index is 0.000000902. The number of nitrogens with zero attached hydrogens (tertiary/aromatic N) is 2. The second-order valence-corrected chi connectivity index (χ2v) is 4.94. The summed E-state index contributed by atoms with van der Waals surface area (Å²) in [4.78, 5) is 14.4. The van der Waals surface area contributed by atoms with Crippen molar-refractivity contribution < 1.29 is 4.79 Å². The van der Waals surface area contributed by atoms with E-state index in [-0.39, 0.29) is 30.7 Å². The average molecular weight is 307 g/mol. The number of aromatic amines is 1. The van der Waals surface area contributed by atoms with E-state index in [9.17, 15) is 4.79 Å². The molecule has 2 saturated heterocycles. The quantitative estimate of drug-likeness (QED) is 0.861. The smallest absolute Gasteiger partial charge is 0.229 e. The lowest BCUT2D eigenvalue weighted by Gasteiger charge is -2.27. The number of halogens is 2. The van der Waals surface area contributed by atoms with Gasteiger partial charge in [0.15, 0.2) is 0 Å². The van der Waals surface area contributed by atoms with E-state index >= 15 is 0 Å². The molecule has 3 rings (SSSR count). The highest BCUT2D eigenvalue weighted by Gasteiger charge is 2.37. The van der Waals surface area contributed by atoms with Gasteiger partial charge in [0, 0.05) is 30.5 Å². The zero-order valence-corrected chi connectivity index (χ0v) is 12.3. The summed E-state index contributed by atoms with van der Waals surface area (Å²) in [6, 6.07) is 2.72. The monoisotopic (exact) mass is 306 g/mol. The van der Waals surface area contributed by atoms with Crippen LogP contribution < -0.4 is 5.32 Å². The first kappa shape index (κ1) is 16.3. The normalized spacial score (nSPS) is 25.2. The van der Waals surface area contributed by atoms with Gasteiger partial charge in [0.25, 0.3) is 0 Å². The number of rotatable bonds is 2. The maximum Gasteiger partial charge on any atom is 0.229 e. The van der Waals surface area contributed by atoms with Crippen LogP contribution in [0.15, 0.2) is 12.3 Å². The number of nitrogens with one attached hydrogen (secondary N) is 2. The molecule has 7 heteroatoms. The minimum absolute atomic E-state index is 0. The SMILES string of the molecule is Cl.Cl.O=C(Cc1ccn[nH]1)N1C2CCNCC1CC2. The van der Waals surface area contributed by atoms with Crippen molar-refractivity contribution >= 4 is 30.7 Å². The maximum atomic E-state index is 12.3. The number of H-pyrrole nitrogens is 1. The van der Waals surface area contributed by atoms with Crippen LogP contribution in [-0.2, 0) is 11.2 Å². The molecule has 2 unspecified atom stereocenters. The molecule has 0 saturated carbocycles. The van der Waals surface area contributed by atoms with E-state index in [4.69, 9.17) is 0 Å². The minimum atomic E-state index is 0. The summed E-state index contributed by atoms with van der Waals surface area (Å²) in [6.45, 7) is 1.99. The molecule has 1 aromatic heterocycles. The van der Waals surface area contributed by atoms with Crippen molar-refractivity contribution in [1.29, 1.82) is 0 Å². The molecular formula is C12H20Cl2N4O. The fraction of sp³-hybridized carbons (Fsp3) is 0.667. The van der Waals surface area contributed by atoms with E-state index in [0.717, 1.165) is 31.6 Å². The van der Waals surface area contributed by atoms with Crippen LogP contribution in [0.2, 0.25) is 0 Å². The fourth-order valence-electron chi connectivity index (χ4n) is 3.03. The molecule has 2 N–H and O–H groups in total. The summed E-state index contributed by atoms with van der Waals surface area (Å²) in [5, 5.41) is 10.2. The van der Waals surface area contributed by atoms with Gasteiger partial charge >= 0.3 is 0 Å². The number of carbonyl (C=O) groups is 1. The topological polar surface area (TPSA) is 61.0 Å². The molecule has 2 bridgehead atoms. The molecular weight excluding hydrogens is 287 g/mol. The van der Waals surface area contributed by atoms with Crippen molar-refractivity contribution in [3.8, 4) is 0 Å². The van der Waals surface area contributed by atoms with E-state index in [2.05, 4.69) is 20.4 Å². The van der Waals surface area contributed by atoms with Crippen molar-refractivity contribution in [2.24, 2.45) is 0 Å².